The molecule has 0 radical (unpaired) electrons. The predicted octanol–water partition coefficient (Wildman–Crippen LogP) is 2.84. The molecular formula is C19H20N2O3. The minimum absolute atomic E-state index is 0.240. The van der Waals surface area contributed by atoms with Crippen LogP contribution in [0, 0.1) is 0 Å². The first-order valence-electron chi connectivity index (χ1n) is 7.60. The minimum Gasteiger partial charge on any atom is -0.283 e. The predicted molar refractivity (Wildman–Crippen MR) is 91.3 cm³/mol. The van der Waals surface area contributed by atoms with Crippen molar-refractivity contribution in [1.29, 1.82) is 0 Å². The number of carbonyl (C=O) groups excluding carboxylic acids is 3. The number of nitrogens with zero attached hydrogens (tertiary/aromatic N) is 1. The molecule has 0 heterocycles. The first kappa shape index (κ1) is 17.6. The highest BCUT2D eigenvalue weighted by molar-refractivity contribution is 6.45. The minimum atomic E-state index is -0.912. The molecular weight excluding hydrogens is 304 g/mol. The molecule has 5 nitrogen and oxygen atoms in total. The molecule has 0 aliphatic carbocycles. The number of benzene rings is 2. The van der Waals surface area contributed by atoms with E-state index in [2.05, 4.69) is 5.43 Å². The van der Waals surface area contributed by atoms with Gasteiger partial charge in [-0.1, -0.05) is 48.5 Å². The molecule has 5 heteroatoms. The maximum atomic E-state index is 12.7. The number of amides is 2. The molecule has 2 rings (SSSR count). The van der Waals surface area contributed by atoms with Crippen molar-refractivity contribution < 1.29 is 14.4 Å². The number of carbonyl (C=O) groups is 3. The van der Waals surface area contributed by atoms with Crippen LogP contribution in [0.1, 0.15) is 41.5 Å². The van der Waals surface area contributed by atoms with Gasteiger partial charge in [0.25, 0.3) is 11.7 Å². The molecule has 0 spiro atoms. The van der Waals surface area contributed by atoms with Crippen LogP contribution >= 0.6 is 0 Å². The largest absolute Gasteiger partial charge is 0.316 e. The highest BCUT2D eigenvalue weighted by atomic mass is 16.2. The summed E-state index contributed by atoms with van der Waals surface area (Å²) in [4.78, 5) is 37.7. The maximum Gasteiger partial charge on any atom is 0.316 e. The highest BCUT2D eigenvalue weighted by Gasteiger charge is 2.32. The number of ketones is 1. The molecule has 0 aromatic heterocycles. The van der Waals surface area contributed by atoms with Crippen LogP contribution in [0.4, 0.5) is 0 Å². The number of rotatable bonds is 4. The molecule has 24 heavy (non-hydrogen) atoms. The van der Waals surface area contributed by atoms with Crippen molar-refractivity contribution in [2.24, 2.45) is 0 Å². The van der Waals surface area contributed by atoms with Gasteiger partial charge < -0.3 is 0 Å². The molecule has 0 saturated carbocycles. The SMILES string of the molecule is CC(C)(C)NN(C(=O)C(=O)c1ccccc1)C(=O)c1ccccc1. The molecule has 0 aliphatic rings. The van der Waals surface area contributed by atoms with Gasteiger partial charge >= 0.3 is 5.91 Å². The third kappa shape index (κ3) is 4.36. The zero-order chi connectivity index (χ0) is 17.7. The van der Waals surface area contributed by atoms with Crippen molar-refractivity contribution in [2.45, 2.75) is 26.3 Å². The molecule has 2 aromatic rings. The number of hydrogen-bond acceptors (Lipinski definition) is 4. The van der Waals surface area contributed by atoms with Gasteiger partial charge in [0.1, 0.15) is 0 Å². The van der Waals surface area contributed by atoms with Crippen molar-refractivity contribution in [3.05, 3.63) is 71.8 Å². The van der Waals surface area contributed by atoms with Crippen LogP contribution in [0.5, 0.6) is 0 Å². The lowest BCUT2D eigenvalue weighted by Gasteiger charge is -2.29. The standard InChI is InChI=1S/C19H20N2O3/c1-19(2,3)20-21(17(23)15-12-8-5-9-13-15)18(24)16(22)14-10-6-4-7-11-14/h4-13,20H,1-3H3. The van der Waals surface area contributed by atoms with E-state index in [0.717, 1.165) is 5.01 Å². The van der Waals surface area contributed by atoms with E-state index in [9.17, 15) is 14.4 Å². The van der Waals surface area contributed by atoms with Crippen LogP contribution in [0.2, 0.25) is 0 Å². The number of Topliss-reactive ketones (excluding diaryl/α,β-unsaturated/α-hetero) is 1. The average Bonchev–Trinajstić information content (AvgIpc) is 2.58. The van der Waals surface area contributed by atoms with Crippen LogP contribution in [0.25, 0.3) is 0 Å². The van der Waals surface area contributed by atoms with Crippen molar-refractivity contribution >= 4 is 17.6 Å². The second-order valence-electron chi connectivity index (χ2n) is 6.37. The summed E-state index contributed by atoms with van der Waals surface area (Å²) < 4.78 is 0. The summed E-state index contributed by atoms with van der Waals surface area (Å²) in [7, 11) is 0. The van der Waals surface area contributed by atoms with E-state index in [0.29, 0.717) is 5.56 Å². The maximum absolute atomic E-state index is 12.7. The van der Waals surface area contributed by atoms with Gasteiger partial charge in [0.2, 0.25) is 0 Å². The van der Waals surface area contributed by atoms with E-state index >= 15 is 0 Å². The lowest BCUT2D eigenvalue weighted by atomic mass is 10.1. The Balaban J connectivity index is 2.34. The van der Waals surface area contributed by atoms with E-state index in [4.69, 9.17) is 0 Å². The Morgan fingerprint density at radius 2 is 1.25 bits per heavy atom. The zero-order valence-corrected chi connectivity index (χ0v) is 13.9. The Kier molecular flexibility index (Phi) is 5.26. The second-order valence-corrected chi connectivity index (χ2v) is 6.37. The van der Waals surface area contributed by atoms with E-state index in [1.54, 1.807) is 81.4 Å². The molecule has 0 atom stereocenters. The zero-order valence-electron chi connectivity index (χ0n) is 13.9. The number of nitrogens with one attached hydrogen (secondary N) is 1. The average molecular weight is 324 g/mol. The second kappa shape index (κ2) is 7.19. The lowest BCUT2D eigenvalue weighted by Crippen LogP contribution is -2.56. The van der Waals surface area contributed by atoms with Gasteiger partial charge in [-0.2, -0.15) is 0 Å². The fourth-order valence-corrected chi connectivity index (χ4v) is 2.05. The summed E-state index contributed by atoms with van der Waals surface area (Å²) in [6.45, 7) is 5.41. The van der Waals surface area contributed by atoms with Crippen LogP contribution in [-0.2, 0) is 4.79 Å². The fourth-order valence-electron chi connectivity index (χ4n) is 2.05. The number of imide groups is 1. The molecule has 2 amide bonds. The summed E-state index contributed by atoms with van der Waals surface area (Å²) >= 11 is 0. The molecule has 2 aromatic carbocycles. The van der Waals surface area contributed by atoms with E-state index in [-0.39, 0.29) is 5.56 Å². The van der Waals surface area contributed by atoms with Crippen LogP contribution in [0.15, 0.2) is 60.7 Å². The van der Waals surface area contributed by atoms with E-state index in [1.807, 2.05) is 0 Å². The quantitative estimate of drug-likeness (QED) is 0.533. The molecule has 0 aliphatic heterocycles. The Morgan fingerprint density at radius 3 is 1.71 bits per heavy atom. The number of hydrogen-bond donors (Lipinski definition) is 1. The molecule has 0 unspecified atom stereocenters. The molecule has 124 valence electrons. The highest BCUT2D eigenvalue weighted by Crippen LogP contribution is 2.10. The Hall–Kier alpha value is -2.79. The van der Waals surface area contributed by atoms with Gasteiger partial charge in [0, 0.05) is 16.7 Å². The Labute approximate surface area is 141 Å². The summed E-state index contributed by atoms with van der Waals surface area (Å²) in [6.07, 6.45) is 0. The van der Waals surface area contributed by atoms with Crippen LogP contribution in [0.3, 0.4) is 0 Å². The Bertz CT molecular complexity index is 734. The number of hydrazine groups is 1. The van der Waals surface area contributed by atoms with E-state index in [1.165, 1.54) is 0 Å². The van der Waals surface area contributed by atoms with Crippen molar-refractivity contribution in [2.75, 3.05) is 0 Å². The van der Waals surface area contributed by atoms with E-state index < -0.39 is 23.1 Å². The summed E-state index contributed by atoms with van der Waals surface area (Å²) in [5.74, 6) is -2.22. The van der Waals surface area contributed by atoms with Crippen molar-refractivity contribution in [3.8, 4) is 0 Å². The van der Waals surface area contributed by atoms with Gasteiger partial charge in [-0.25, -0.2) is 10.4 Å². The van der Waals surface area contributed by atoms with Crippen LogP contribution < -0.4 is 5.43 Å². The summed E-state index contributed by atoms with van der Waals surface area (Å²) in [5.41, 5.74) is 2.81. The van der Waals surface area contributed by atoms with Crippen molar-refractivity contribution in [1.82, 2.24) is 10.4 Å². The molecule has 0 bridgehead atoms. The molecule has 1 N–H and O–H groups in total. The normalized spacial score (nSPS) is 11.0. The lowest BCUT2D eigenvalue weighted by molar-refractivity contribution is -0.127. The monoisotopic (exact) mass is 324 g/mol. The first-order chi connectivity index (χ1) is 11.3. The van der Waals surface area contributed by atoms with Gasteiger partial charge in [-0.05, 0) is 32.9 Å². The third-order valence-corrected chi connectivity index (χ3v) is 3.10. The van der Waals surface area contributed by atoms with Gasteiger partial charge in [0.05, 0.1) is 0 Å². The smallest absolute Gasteiger partial charge is 0.283 e. The topological polar surface area (TPSA) is 66.5 Å². The summed E-state index contributed by atoms with van der Waals surface area (Å²) in [6, 6.07) is 16.5. The molecule has 0 fully saturated rings. The van der Waals surface area contributed by atoms with Gasteiger partial charge in [-0.15, -0.1) is 0 Å². The Morgan fingerprint density at radius 1 is 0.792 bits per heavy atom. The van der Waals surface area contributed by atoms with Crippen LogP contribution in [-0.4, -0.2) is 28.1 Å². The first-order valence-corrected chi connectivity index (χ1v) is 7.60. The van der Waals surface area contributed by atoms with Gasteiger partial charge in [0.15, 0.2) is 0 Å². The van der Waals surface area contributed by atoms with Gasteiger partial charge in [-0.3, -0.25) is 14.4 Å². The fraction of sp³-hybridized carbons (Fsp3) is 0.211. The summed E-state index contributed by atoms with van der Waals surface area (Å²) in [5, 5.41) is 0.796. The third-order valence-electron chi connectivity index (χ3n) is 3.10. The molecule has 0 saturated heterocycles. The van der Waals surface area contributed by atoms with Crippen molar-refractivity contribution in [3.63, 3.8) is 0 Å².